The minimum atomic E-state index is -0.0750. The highest BCUT2D eigenvalue weighted by Crippen LogP contribution is 2.10. The largest absolute Gasteiger partial charge is 0.351 e. The van der Waals surface area contributed by atoms with Crippen LogP contribution in [0.1, 0.15) is 18.9 Å². The molecule has 0 saturated heterocycles. The molecule has 2 amide bonds. The van der Waals surface area contributed by atoms with Crippen molar-refractivity contribution < 1.29 is 9.59 Å². The van der Waals surface area contributed by atoms with Crippen LogP contribution in [0.2, 0.25) is 0 Å². The smallest absolute Gasteiger partial charge is 0.230 e. The van der Waals surface area contributed by atoms with Crippen molar-refractivity contribution >= 4 is 28.7 Å². The van der Waals surface area contributed by atoms with E-state index in [0.29, 0.717) is 18.1 Å². The van der Waals surface area contributed by atoms with Crippen LogP contribution in [0.25, 0.3) is 0 Å². The molecular weight excluding hydrogens is 274 g/mol. The fourth-order valence-corrected chi connectivity index (χ4v) is 2.58. The second-order valence-corrected chi connectivity index (χ2v) is 5.55. The summed E-state index contributed by atoms with van der Waals surface area (Å²) in [4.78, 5) is 27.3. The molecule has 0 spiro atoms. The number of nitrogens with one attached hydrogen (secondary N) is 2. The van der Waals surface area contributed by atoms with Gasteiger partial charge in [-0.3, -0.25) is 14.6 Å². The molecule has 1 aliphatic heterocycles. The van der Waals surface area contributed by atoms with Crippen molar-refractivity contribution in [1.82, 2.24) is 10.6 Å². The van der Waals surface area contributed by atoms with Gasteiger partial charge in [-0.1, -0.05) is 42.1 Å². The zero-order valence-corrected chi connectivity index (χ0v) is 12.1. The highest BCUT2D eigenvalue weighted by Gasteiger charge is 2.18. The molecule has 0 bridgehead atoms. The minimum Gasteiger partial charge on any atom is -0.351 e. The van der Waals surface area contributed by atoms with Crippen LogP contribution in [0.15, 0.2) is 35.3 Å². The van der Waals surface area contributed by atoms with E-state index in [1.807, 2.05) is 37.3 Å². The van der Waals surface area contributed by atoms with E-state index in [2.05, 4.69) is 15.6 Å². The van der Waals surface area contributed by atoms with Crippen molar-refractivity contribution in [3.63, 3.8) is 0 Å². The first kappa shape index (κ1) is 14.6. The van der Waals surface area contributed by atoms with Crippen LogP contribution in [-0.4, -0.2) is 28.8 Å². The number of carbonyl (C=O) groups is 2. The van der Waals surface area contributed by atoms with Crippen LogP contribution in [0.3, 0.4) is 0 Å². The third kappa shape index (κ3) is 4.70. The van der Waals surface area contributed by atoms with Crippen LogP contribution < -0.4 is 10.6 Å². The van der Waals surface area contributed by atoms with Crippen molar-refractivity contribution in [2.75, 3.05) is 5.75 Å². The van der Waals surface area contributed by atoms with Gasteiger partial charge in [-0.2, -0.15) is 0 Å². The Hall–Kier alpha value is -1.82. The molecule has 1 heterocycles. The first-order valence-electron chi connectivity index (χ1n) is 6.44. The maximum Gasteiger partial charge on any atom is 0.230 e. The Morgan fingerprint density at radius 1 is 1.45 bits per heavy atom. The van der Waals surface area contributed by atoms with Crippen LogP contribution in [0, 0.1) is 0 Å². The lowest BCUT2D eigenvalue weighted by atomic mass is 10.2. The Morgan fingerprint density at radius 3 is 2.90 bits per heavy atom. The number of carbonyl (C=O) groups excluding carboxylic acids is 2. The predicted octanol–water partition coefficient (Wildman–Crippen LogP) is 1.30. The van der Waals surface area contributed by atoms with E-state index >= 15 is 0 Å². The number of amidine groups is 1. The second-order valence-electron chi connectivity index (χ2n) is 4.59. The third-order valence-electron chi connectivity index (χ3n) is 2.74. The van der Waals surface area contributed by atoms with Gasteiger partial charge in [0.2, 0.25) is 11.8 Å². The maximum atomic E-state index is 11.7. The molecule has 20 heavy (non-hydrogen) atoms. The van der Waals surface area contributed by atoms with Gasteiger partial charge in [0.1, 0.15) is 0 Å². The fraction of sp³-hybridized carbons (Fsp3) is 0.357. The van der Waals surface area contributed by atoms with Crippen molar-refractivity contribution in [3.05, 3.63) is 35.9 Å². The molecule has 2 N–H and O–H groups in total. The standard InChI is InChI=1S/C14H17N3O2S/c1-10-7-12(18)17-14(16-10)20-9-13(19)15-8-11-5-3-2-4-6-11/h2-6,10H,7-9H2,1H3,(H,15,19)(H,16,17,18). The average Bonchev–Trinajstić information content (AvgIpc) is 2.43. The van der Waals surface area contributed by atoms with Gasteiger partial charge in [0.25, 0.3) is 0 Å². The summed E-state index contributed by atoms with van der Waals surface area (Å²) < 4.78 is 0. The molecule has 0 aromatic heterocycles. The lowest BCUT2D eigenvalue weighted by Gasteiger charge is -2.17. The van der Waals surface area contributed by atoms with Gasteiger partial charge in [-0.25, -0.2) is 0 Å². The van der Waals surface area contributed by atoms with Gasteiger partial charge in [0.05, 0.1) is 11.8 Å². The van der Waals surface area contributed by atoms with Crippen molar-refractivity contribution in [1.29, 1.82) is 0 Å². The van der Waals surface area contributed by atoms with E-state index < -0.39 is 0 Å². The topological polar surface area (TPSA) is 70.6 Å². The van der Waals surface area contributed by atoms with E-state index in [4.69, 9.17) is 0 Å². The zero-order valence-electron chi connectivity index (χ0n) is 11.3. The number of nitrogens with zero attached hydrogens (tertiary/aromatic N) is 1. The lowest BCUT2D eigenvalue weighted by molar-refractivity contribution is -0.120. The van der Waals surface area contributed by atoms with Gasteiger partial charge in [0, 0.05) is 13.0 Å². The third-order valence-corrected chi connectivity index (χ3v) is 3.62. The molecule has 106 valence electrons. The fourth-order valence-electron chi connectivity index (χ4n) is 1.77. The minimum absolute atomic E-state index is 0.0152. The number of aliphatic imine (C=N–C) groups is 1. The molecular formula is C14H17N3O2S. The highest BCUT2D eigenvalue weighted by atomic mass is 32.2. The summed E-state index contributed by atoms with van der Waals surface area (Å²) in [5.41, 5.74) is 1.06. The van der Waals surface area contributed by atoms with Gasteiger partial charge in [-0.15, -0.1) is 0 Å². The second kappa shape index (κ2) is 7.09. The summed E-state index contributed by atoms with van der Waals surface area (Å²) in [5.74, 6) is 0.132. The number of amides is 2. The Balaban J connectivity index is 1.74. The normalized spacial score (nSPS) is 18.1. The zero-order chi connectivity index (χ0) is 14.4. The summed E-state index contributed by atoms with van der Waals surface area (Å²) in [6, 6.07) is 9.71. The summed E-state index contributed by atoms with van der Waals surface area (Å²) >= 11 is 1.25. The van der Waals surface area contributed by atoms with Gasteiger partial charge in [-0.05, 0) is 12.5 Å². The quantitative estimate of drug-likeness (QED) is 0.878. The lowest BCUT2D eigenvalue weighted by Crippen LogP contribution is -2.37. The highest BCUT2D eigenvalue weighted by molar-refractivity contribution is 8.14. The average molecular weight is 291 g/mol. The number of thioether (sulfide) groups is 1. The van der Waals surface area contributed by atoms with Gasteiger partial charge >= 0.3 is 0 Å². The Kier molecular flexibility index (Phi) is 5.17. The molecule has 0 saturated carbocycles. The molecule has 5 nitrogen and oxygen atoms in total. The van der Waals surface area contributed by atoms with Gasteiger partial charge in [0.15, 0.2) is 5.17 Å². The Bertz CT molecular complexity index is 516. The molecule has 0 fully saturated rings. The van der Waals surface area contributed by atoms with Crippen LogP contribution in [0.5, 0.6) is 0 Å². The summed E-state index contributed by atoms with van der Waals surface area (Å²) in [6.45, 7) is 2.39. The van der Waals surface area contributed by atoms with E-state index in [1.165, 1.54) is 11.8 Å². The molecule has 1 aliphatic rings. The van der Waals surface area contributed by atoms with Gasteiger partial charge < -0.3 is 10.6 Å². The maximum absolute atomic E-state index is 11.7. The predicted molar refractivity (Wildman–Crippen MR) is 80.4 cm³/mol. The van der Waals surface area contributed by atoms with Crippen molar-refractivity contribution in [2.45, 2.75) is 25.9 Å². The molecule has 2 rings (SSSR count). The van der Waals surface area contributed by atoms with Crippen LogP contribution in [0.4, 0.5) is 0 Å². The molecule has 0 radical (unpaired) electrons. The molecule has 1 atom stereocenters. The van der Waals surface area contributed by atoms with E-state index in [0.717, 1.165) is 5.56 Å². The van der Waals surface area contributed by atoms with Crippen LogP contribution in [-0.2, 0) is 16.1 Å². The van der Waals surface area contributed by atoms with E-state index in [9.17, 15) is 9.59 Å². The van der Waals surface area contributed by atoms with Crippen molar-refractivity contribution in [2.24, 2.45) is 4.99 Å². The van der Waals surface area contributed by atoms with Crippen molar-refractivity contribution in [3.8, 4) is 0 Å². The first-order valence-corrected chi connectivity index (χ1v) is 7.43. The molecule has 6 heteroatoms. The Morgan fingerprint density at radius 2 is 2.20 bits per heavy atom. The molecule has 1 unspecified atom stereocenters. The Labute approximate surface area is 122 Å². The van der Waals surface area contributed by atoms with E-state index in [-0.39, 0.29) is 23.6 Å². The number of rotatable bonds is 4. The van der Waals surface area contributed by atoms with Crippen LogP contribution >= 0.6 is 11.8 Å². The van der Waals surface area contributed by atoms with E-state index in [1.54, 1.807) is 0 Å². The number of hydrogen-bond donors (Lipinski definition) is 2. The summed E-state index contributed by atoms with van der Waals surface area (Å²) in [6.07, 6.45) is 0.407. The number of benzene rings is 1. The summed E-state index contributed by atoms with van der Waals surface area (Å²) in [5, 5.41) is 6.03. The molecule has 1 aromatic rings. The first-order chi connectivity index (χ1) is 9.63. The molecule has 0 aliphatic carbocycles. The monoisotopic (exact) mass is 291 g/mol. The SMILES string of the molecule is CC1CC(=O)NC(SCC(=O)NCc2ccccc2)=N1. The number of hydrogen-bond acceptors (Lipinski definition) is 4. The molecule has 1 aromatic carbocycles. The summed E-state index contributed by atoms with van der Waals surface area (Å²) in [7, 11) is 0.